The molecular weight excluding hydrogens is 677 g/mol. The van der Waals surface area contributed by atoms with Crippen molar-refractivity contribution in [1.29, 1.82) is 0 Å². The predicted octanol–water partition coefficient (Wildman–Crippen LogP) is 4.30. The molecule has 0 saturated heterocycles. The summed E-state index contributed by atoms with van der Waals surface area (Å²) >= 11 is 0. The summed E-state index contributed by atoms with van der Waals surface area (Å²) in [6, 6.07) is 0. The van der Waals surface area contributed by atoms with Gasteiger partial charge in [-0.1, -0.05) is 0 Å². The smallest absolute Gasteiger partial charge is 0.870 e. The first-order valence-electron chi connectivity index (χ1n) is 7.79. The van der Waals surface area contributed by atoms with Gasteiger partial charge in [-0.3, -0.25) is 4.74 Å². The van der Waals surface area contributed by atoms with Crippen LogP contribution in [0.15, 0.2) is 12.7 Å². The van der Waals surface area contributed by atoms with Crippen LogP contribution in [0.3, 0.4) is 0 Å². The van der Waals surface area contributed by atoms with E-state index in [1.165, 1.54) is 0 Å². The van der Waals surface area contributed by atoms with Gasteiger partial charge in [0.05, 0.1) is 0 Å². The predicted molar refractivity (Wildman–Crippen MR) is 75.2 cm³/mol. The molecule has 0 aliphatic rings. The zero-order chi connectivity index (χ0) is 32.0. The maximum absolute atomic E-state index is 12.7. The Morgan fingerprint density at radius 1 is 0.650 bits per heavy atom. The van der Waals surface area contributed by atoms with Crippen LogP contribution in [-0.2, 0) is 9.47 Å². The van der Waals surface area contributed by atoms with E-state index >= 15 is 0 Å². The average Bonchev–Trinajstić information content (AvgIpc) is 2.63. The molecule has 4 nitrogen and oxygen atoms in total. The van der Waals surface area contributed by atoms with E-state index < -0.39 is 74.2 Å². The standard InChI is InChI=1S/C8H3F15O2.C3H3F5O.C2H2F2.K.H2O/c9-2(25-8(22,23)5(14,15)7(19,20)21)4(12,13)24-1-3(10,11)6(16,17)18;4-2(5,1-9)3(6,7)8;1-2(3)4;;/h2H,1H2;9H,1H2;1H2;;1H2/q;;;+1;/p-1. The number of aliphatic hydroxyl groups is 1. The van der Waals surface area contributed by atoms with E-state index in [9.17, 15) is 96.6 Å². The van der Waals surface area contributed by atoms with Crippen LogP contribution in [0.5, 0.6) is 0 Å². The molecule has 0 bridgehead atoms. The van der Waals surface area contributed by atoms with Gasteiger partial charge in [-0.2, -0.15) is 92.2 Å². The van der Waals surface area contributed by atoms with Gasteiger partial charge in [-0.05, 0) is 6.58 Å². The van der Waals surface area contributed by atoms with Gasteiger partial charge in [0.15, 0.2) is 0 Å². The second-order valence-corrected chi connectivity index (χ2v) is 5.77. The van der Waals surface area contributed by atoms with E-state index in [1.807, 2.05) is 4.74 Å². The van der Waals surface area contributed by atoms with Gasteiger partial charge in [-0.25, -0.2) is 4.39 Å². The van der Waals surface area contributed by atoms with Crippen molar-refractivity contribution in [3.8, 4) is 0 Å². The zero-order valence-electron chi connectivity index (χ0n) is 18.2. The second kappa shape index (κ2) is 16.5. The van der Waals surface area contributed by atoms with Gasteiger partial charge in [0.25, 0.3) is 12.4 Å². The number of hydrogen-bond acceptors (Lipinski definition) is 4. The van der Waals surface area contributed by atoms with Crippen LogP contribution in [-0.4, -0.2) is 78.7 Å². The molecule has 0 aliphatic carbocycles. The van der Waals surface area contributed by atoms with Crippen LogP contribution in [0.1, 0.15) is 0 Å². The van der Waals surface area contributed by atoms with Crippen LogP contribution in [0.25, 0.3) is 0 Å². The van der Waals surface area contributed by atoms with Crippen LogP contribution in [0.4, 0.5) is 96.6 Å². The van der Waals surface area contributed by atoms with Crippen LogP contribution in [0.2, 0.25) is 0 Å². The molecule has 1 atom stereocenters. The third-order valence-electron chi connectivity index (χ3n) is 2.71. The second-order valence-electron chi connectivity index (χ2n) is 5.77. The van der Waals surface area contributed by atoms with Crippen molar-refractivity contribution in [2.75, 3.05) is 13.2 Å². The quantitative estimate of drug-likeness (QED) is 0.306. The topological polar surface area (TPSA) is 68.7 Å². The Labute approximate surface area is 248 Å². The van der Waals surface area contributed by atoms with E-state index in [-0.39, 0.29) is 56.9 Å². The minimum atomic E-state index is -7.21. The molecule has 0 rings (SSSR count). The number of rotatable bonds is 8. The van der Waals surface area contributed by atoms with Crippen molar-refractivity contribution in [3.05, 3.63) is 12.7 Å². The molecule has 240 valence electrons. The first-order chi connectivity index (χ1) is 16.1. The largest absolute Gasteiger partial charge is 1.00 e. The van der Waals surface area contributed by atoms with Crippen molar-refractivity contribution in [1.82, 2.24) is 0 Å². The van der Waals surface area contributed by atoms with Crippen LogP contribution in [0, 0.1) is 0 Å². The van der Waals surface area contributed by atoms with Gasteiger partial charge in [0.2, 0.25) is 0 Å². The van der Waals surface area contributed by atoms with Gasteiger partial charge >= 0.3 is 99.9 Å². The molecule has 1 unspecified atom stereocenters. The van der Waals surface area contributed by atoms with Gasteiger partial charge in [0.1, 0.15) is 13.2 Å². The zero-order valence-corrected chi connectivity index (χ0v) is 21.3. The SMILES string of the molecule is C=C(F)F.FC(OC(F)(F)C(F)(F)C(F)(F)F)C(F)(F)OCC(F)(F)C(F)(F)F.OCC(F)(F)C(F)(F)F.[K+].[OH-]. The number of alkyl halides is 20. The Kier molecular flexibility index (Phi) is 20.4. The molecule has 40 heavy (non-hydrogen) atoms. The molecule has 0 spiro atoms. The third-order valence-corrected chi connectivity index (χ3v) is 2.71. The molecular formula is C13H9F22KO4. The summed E-state index contributed by atoms with van der Waals surface area (Å²) in [5.41, 5.74) is 0. The number of ether oxygens (including phenoxy) is 2. The average molecular weight is 686 g/mol. The monoisotopic (exact) mass is 686 g/mol. The molecule has 2 N–H and O–H groups in total. The number of aliphatic hydroxyl groups excluding tert-OH is 1. The Morgan fingerprint density at radius 2 is 0.950 bits per heavy atom. The molecule has 0 aromatic heterocycles. The van der Waals surface area contributed by atoms with Crippen molar-refractivity contribution < 1.29 is 168 Å². The normalized spacial score (nSPS) is 14.4. The molecule has 0 aromatic carbocycles. The van der Waals surface area contributed by atoms with Crippen molar-refractivity contribution in [2.24, 2.45) is 0 Å². The fourth-order valence-electron chi connectivity index (χ4n) is 0.861. The summed E-state index contributed by atoms with van der Waals surface area (Å²) in [6.45, 7) is -3.36. The Morgan fingerprint density at radius 3 is 1.15 bits per heavy atom. The van der Waals surface area contributed by atoms with E-state index in [4.69, 9.17) is 5.11 Å². The molecule has 0 radical (unpaired) electrons. The molecule has 0 aliphatic heterocycles. The summed E-state index contributed by atoms with van der Waals surface area (Å²) in [7, 11) is 0. The Balaban J connectivity index is -0.000000226. The Hall–Kier alpha value is -0.324. The third kappa shape index (κ3) is 15.8. The summed E-state index contributed by atoms with van der Waals surface area (Å²) < 4.78 is 262. The Bertz CT molecular complexity index is 726. The van der Waals surface area contributed by atoms with Crippen molar-refractivity contribution in [3.63, 3.8) is 0 Å². The summed E-state index contributed by atoms with van der Waals surface area (Å²) in [5, 5.41) is 7.46. The maximum Gasteiger partial charge on any atom is 1.00 e. The number of hydrogen-bond donors (Lipinski definition) is 1. The van der Waals surface area contributed by atoms with Crippen LogP contribution >= 0.6 is 0 Å². The molecule has 0 amide bonds. The summed E-state index contributed by atoms with van der Waals surface area (Å²) in [4.78, 5) is 0. The van der Waals surface area contributed by atoms with E-state index in [1.54, 1.807) is 0 Å². The fraction of sp³-hybridized carbons (Fsp3) is 0.846. The maximum atomic E-state index is 12.7. The van der Waals surface area contributed by atoms with Gasteiger partial charge in [0, 0.05) is 0 Å². The van der Waals surface area contributed by atoms with Gasteiger partial charge < -0.3 is 15.3 Å². The fourth-order valence-corrected chi connectivity index (χ4v) is 0.861. The molecule has 0 saturated carbocycles. The summed E-state index contributed by atoms with van der Waals surface area (Å²) in [6.07, 6.45) is -39.5. The summed E-state index contributed by atoms with van der Waals surface area (Å²) in [5.74, 6) is -18.2. The number of halogens is 22. The molecule has 0 fully saturated rings. The van der Waals surface area contributed by atoms with E-state index in [0.29, 0.717) is 0 Å². The van der Waals surface area contributed by atoms with Crippen molar-refractivity contribution in [2.45, 2.75) is 54.9 Å². The molecule has 0 aromatic rings. The van der Waals surface area contributed by atoms with Crippen molar-refractivity contribution >= 4 is 0 Å². The van der Waals surface area contributed by atoms with E-state index in [0.717, 1.165) is 0 Å². The first kappa shape index (κ1) is 49.4. The molecule has 0 heterocycles. The van der Waals surface area contributed by atoms with Crippen LogP contribution < -0.4 is 51.4 Å². The van der Waals surface area contributed by atoms with E-state index in [2.05, 4.69) is 11.3 Å². The minimum Gasteiger partial charge on any atom is -0.870 e. The minimum absolute atomic E-state index is 0. The molecule has 27 heteroatoms. The first-order valence-corrected chi connectivity index (χ1v) is 7.79. The van der Waals surface area contributed by atoms with Gasteiger partial charge in [-0.15, -0.1) is 0 Å².